The first-order valence-corrected chi connectivity index (χ1v) is 12.7. The van der Waals surface area contributed by atoms with Crippen LogP contribution in [0.15, 0.2) is 30.3 Å². The largest absolute Gasteiger partial charge is 0.0842 e. The molecule has 0 heterocycles. The molecule has 23 heavy (non-hydrogen) atoms. The Balaban J connectivity index is 2.79. The van der Waals surface area contributed by atoms with Crippen molar-refractivity contribution in [2.45, 2.75) is 84.7 Å². The van der Waals surface area contributed by atoms with Crippen LogP contribution in [0.1, 0.15) is 84.1 Å². The van der Waals surface area contributed by atoms with E-state index in [1.807, 2.05) is 0 Å². The van der Waals surface area contributed by atoms with Crippen molar-refractivity contribution in [1.82, 2.24) is 0 Å². The molecule has 0 bridgehead atoms. The highest BCUT2D eigenvalue weighted by Gasteiger charge is 2.35. The van der Waals surface area contributed by atoms with Gasteiger partial charge in [0.05, 0.1) is 24.6 Å². The van der Waals surface area contributed by atoms with Crippen molar-refractivity contribution in [2.24, 2.45) is 0 Å². The molecule has 0 aliphatic heterocycles. The van der Waals surface area contributed by atoms with E-state index in [0.29, 0.717) is 0 Å². The Morgan fingerprint density at radius 3 is 1.43 bits per heavy atom. The Bertz CT molecular complexity index is 344. The van der Waals surface area contributed by atoms with Gasteiger partial charge in [0.1, 0.15) is 0 Å². The van der Waals surface area contributed by atoms with Gasteiger partial charge in [0.25, 0.3) is 0 Å². The molecular formula is C22H40P+. The summed E-state index contributed by atoms with van der Waals surface area (Å²) in [6.45, 7) is 7.02. The quantitative estimate of drug-likeness (QED) is 0.240. The van der Waals surface area contributed by atoms with E-state index in [2.05, 4.69) is 51.1 Å². The van der Waals surface area contributed by atoms with Gasteiger partial charge in [-0.25, -0.2) is 0 Å². The average molecular weight is 336 g/mol. The maximum atomic E-state index is 2.37. The van der Waals surface area contributed by atoms with Crippen LogP contribution in [0, 0.1) is 0 Å². The minimum atomic E-state index is -0.807. The molecule has 0 aromatic heterocycles. The van der Waals surface area contributed by atoms with E-state index in [1.54, 1.807) is 24.0 Å². The van der Waals surface area contributed by atoms with Crippen LogP contribution in [0.25, 0.3) is 0 Å². The highest BCUT2D eigenvalue weighted by molar-refractivity contribution is 7.75. The summed E-state index contributed by atoms with van der Waals surface area (Å²) in [6, 6.07) is 11.4. The first-order chi connectivity index (χ1) is 11.3. The molecule has 0 spiro atoms. The van der Waals surface area contributed by atoms with Crippen LogP contribution < -0.4 is 0 Å². The average Bonchev–Trinajstić information content (AvgIpc) is 2.56. The van der Waals surface area contributed by atoms with Gasteiger partial charge in [-0.15, -0.1) is 0 Å². The predicted molar refractivity (Wildman–Crippen MR) is 110 cm³/mol. The van der Waals surface area contributed by atoms with Gasteiger partial charge in [-0.3, -0.25) is 0 Å². The summed E-state index contributed by atoms with van der Waals surface area (Å²) in [5, 5.41) is 0. The van der Waals surface area contributed by atoms with E-state index < -0.39 is 7.26 Å². The zero-order chi connectivity index (χ0) is 16.8. The van der Waals surface area contributed by atoms with E-state index >= 15 is 0 Å². The van der Waals surface area contributed by atoms with Crippen LogP contribution >= 0.6 is 7.26 Å². The van der Waals surface area contributed by atoms with Gasteiger partial charge < -0.3 is 0 Å². The second-order valence-corrected chi connectivity index (χ2v) is 11.6. The Hall–Kier alpha value is -0.350. The minimum Gasteiger partial charge on any atom is -0.0654 e. The third-order valence-electron chi connectivity index (χ3n) is 5.07. The van der Waals surface area contributed by atoms with Gasteiger partial charge in [0.15, 0.2) is 0 Å². The summed E-state index contributed by atoms with van der Waals surface area (Å²) in [5.41, 5.74) is 1.60. The van der Waals surface area contributed by atoms with Crippen molar-refractivity contribution >= 4 is 7.26 Å². The predicted octanol–water partition coefficient (Wildman–Crippen LogP) is 7.77. The number of hydrogen-bond donors (Lipinski definition) is 0. The van der Waals surface area contributed by atoms with Crippen LogP contribution in [-0.2, 0) is 6.16 Å². The Morgan fingerprint density at radius 2 is 1.04 bits per heavy atom. The van der Waals surface area contributed by atoms with Crippen LogP contribution in [0.4, 0.5) is 0 Å². The molecule has 1 rings (SSSR count). The molecular weight excluding hydrogens is 295 g/mol. The lowest BCUT2D eigenvalue weighted by Crippen LogP contribution is -2.12. The maximum Gasteiger partial charge on any atom is 0.0842 e. The first-order valence-electron chi connectivity index (χ1n) is 10.2. The minimum absolute atomic E-state index is 0.807. The lowest BCUT2D eigenvalue weighted by atomic mass is 10.2. The molecule has 0 fully saturated rings. The third-order valence-corrected chi connectivity index (χ3v) is 9.90. The first kappa shape index (κ1) is 20.7. The summed E-state index contributed by atoms with van der Waals surface area (Å²) in [7, 11) is -0.807. The van der Waals surface area contributed by atoms with Crippen molar-refractivity contribution in [2.75, 3.05) is 18.5 Å². The van der Waals surface area contributed by atoms with Crippen molar-refractivity contribution in [3.8, 4) is 0 Å². The molecule has 0 radical (unpaired) electrons. The summed E-state index contributed by atoms with van der Waals surface area (Å²) < 4.78 is 0. The van der Waals surface area contributed by atoms with Crippen molar-refractivity contribution in [1.29, 1.82) is 0 Å². The highest BCUT2D eigenvalue weighted by atomic mass is 31.2. The van der Waals surface area contributed by atoms with Crippen LogP contribution in [0.3, 0.4) is 0 Å². The third kappa shape index (κ3) is 8.90. The lowest BCUT2D eigenvalue weighted by molar-refractivity contribution is 0.740. The molecule has 0 N–H and O–H groups in total. The molecule has 1 aromatic carbocycles. The Labute approximate surface area is 146 Å². The van der Waals surface area contributed by atoms with Gasteiger partial charge in [-0.1, -0.05) is 89.6 Å². The normalized spacial score (nSPS) is 11.8. The molecule has 0 saturated carbocycles. The Morgan fingerprint density at radius 1 is 0.609 bits per heavy atom. The van der Waals surface area contributed by atoms with E-state index in [0.717, 1.165) is 0 Å². The summed E-state index contributed by atoms with van der Waals surface area (Å²) in [4.78, 5) is 0. The monoisotopic (exact) mass is 335 g/mol. The smallest absolute Gasteiger partial charge is 0.0654 e. The molecule has 1 heteroatoms. The van der Waals surface area contributed by atoms with Crippen molar-refractivity contribution < 1.29 is 0 Å². The van der Waals surface area contributed by atoms with Gasteiger partial charge >= 0.3 is 0 Å². The zero-order valence-electron chi connectivity index (χ0n) is 16.0. The highest BCUT2D eigenvalue weighted by Crippen LogP contribution is 2.63. The fourth-order valence-corrected chi connectivity index (χ4v) is 8.45. The van der Waals surface area contributed by atoms with E-state index in [1.165, 1.54) is 63.9 Å². The number of hydrogen-bond acceptors (Lipinski definition) is 0. The lowest BCUT2D eigenvalue weighted by Gasteiger charge is -2.28. The molecule has 0 aliphatic rings. The number of rotatable bonds is 14. The molecule has 132 valence electrons. The van der Waals surface area contributed by atoms with Gasteiger partial charge in [0.2, 0.25) is 0 Å². The molecule has 0 aliphatic carbocycles. The van der Waals surface area contributed by atoms with Crippen molar-refractivity contribution in [3.05, 3.63) is 35.9 Å². The standard InChI is InChI=1S/C22H40P/c1-4-7-13-18-23(19-14-8-5-2,20-15-9-6-3)21-22-16-11-10-12-17-22/h10-12,16-17H,4-9,13-15,18-21H2,1-3H3/q+1. The number of unbranched alkanes of at least 4 members (excludes halogenated alkanes) is 6. The van der Waals surface area contributed by atoms with Gasteiger partial charge in [-0.2, -0.15) is 0 Å². The Kier molecular flexibility index (Phi) is 11.7. The molecule has 0 unspecified atom stereocenters. The summed E-state index contributed by atoms with van der Waals surface area (Å²) >= 11 is 0. The summed E-state index contributed by atoms with van der Waals surface area (Å²) in [5.74, 6) is 0. The second kappa shape index (κ2) is 13.0. The van der Waals surface area contributed by atoms with Crippen LogP contribution in [0.5, 0.6) is 0 Å². The topological polar surface area (TPSA) is 0 Å². The fraction of sp³-hybridized carbons (Fsp3) is 0.727. The van der Waals surface area contributed by atoms with E-state index in [9.17, 15) is 0 Å². The number of benzene rings is 1. The van der Waals surface area contributed by atoms with E-state index in [-0.39, 0.29) is 0 Å². The molecule has 0 nitrogen and oxygen atoms in total. The van der Waals surface area contributed by atoms with Crippen LogP contribution in [0.2, 0.25) is 0 Å². The second-order valence-electron chi connectivity index (χ2n) is 7.28. The molecule has 0 amide bonds. The van der Waals surface area contributed by atoms with E-state index in [4.69, 9.17) is 0 Å². The zero-order valence-corrected chi connectivity index (χ0v) is 16.9. The van der Waals surface area contributed by atoms with Crippen molar-refractivity contribution in [3.63, 3.8) is 0 Å². The maximum absolute atomic E-state index is 2.37. The molecule has 1 aromatic rings. The molecule has 0 atom stereocenters. The van der Waals surface area contributed by atoms with Gasteiger partial charge in [-0.05, 0) is 24.8 Å². The summed E-state index contributed by atoms with van der Waals surface area (Å²) in [6.07, 6.45) is 18.8. The van der Waals surface area contributed by atoms with Crippen LogP contribution in [-0.4, -0.2) is 18.5 Å². The molecule has 0 saturated heterocycles. The fourth-order valence-electron chi connectivity index (χ4n) is 3.63. The van der Waals surface area contributed by atoms with Gasteiger partial charge in [0, 0.05) is 7.26 Å². The SMILES string of the molecule is CCCCC[P+](CCCCC)(CCCCC)Cc1ccccc1.